The lowest BCUT2D eigenvalue weighted by Crippen LogP contribution is -2.50. The van der Waals surface area contributed by atoms with Gasteiger partial charge in [-0.05, 0) is 25.0 Å². The summed E-state index contributed by atoms with van der Waals surface area (Å²) in [4.78, 5) is 46.9. The van der Waals surface area contributed by atoms with Crippen molar-refractivity contribution in [1.29, 1.82) is 0 Å². The van der Waals surface area contributed by atoms with Crippen molar-refractivity contribution >= 4 is 17.7 Å². The number of ketones is 1. The number of rotatable bonds is 5. The molecule has 3 amide bonds. The van der Waals surface area contributed by atoms with Crippen molar-refractivity contribution < 1.29 is 19.2 Å². The van der Waals surface area contributed by atoms with E-state index >= 15 is 0 Å². The van der Waals surface area contributed by atoms with Gasteiger partial charge in [0.2, 0.25) is 5.91 Å². The van der Waals surface area contributed by atoms with Crippen LogP contribution in [0.15, 0.2) is 24.5 Å². The molecule has 0 saturated carbocycles. The molecule has 3 heterocycles. The first kappa shape index (κ1) is 15.4. The molecule has 122 valence electrons. The van der Waals surface area contributed by atoms with Crippen LogP contribution >= 0.6 is 0 Å². The second-order valence-electron chi connectivity index (χ2n) is 5.57. The highest BCUT2D eigenvalue weighted by atomic mass is 16.7. The van der Waals surface area contributed by atoms with E-state index in [1.165, 1.54) is 23.3 Å². The number of hydroxylamine groups is 2. The van der Waals surface area contributed by atoms with Crippen LogP contribution in [-0.4, -0.2) is 65.0 Å². The van der Waals surface area contributed by atoms with Gasteiger partial charge >= 0.3 is 6.03 Å². The molecule has 1 aromatic rings. The van der Waals surface area contributed by atoms with E-state index in [0.29, 0.717) is 24.9 Å². The molecular weight excluding hydrogens is 300 g/mol. The molecule has 8 heteroatoms. The Morgan fingerprint density at radius 2 is 2.26 bits per heavy atom. The number of carbonyl (C=O) groups is 3. The van der Waals surface area contributed by atoms with Crippen LogP contribution in [0.3, 0.4) is 0 Å². The summed E-state index contributed by atoms with van der Waals surface area (Å²) in [6, 6.07) is 2.45. The number of fused-ring (bicyclic) bond motifs is 2. The minimum Gasteiger partial charge on any atom is -0.347 e. The Hall–Kier alpha value is -2.48. The van der Waals surface area contributed by atoms with Crippen molar-refractivity contribution in [3.63, 3.8) is 0 Å². The molecule has 3 rings (SSSR count). The summed E-state index contributed by atoms with van der Waals surface area (Å²) in [7, 11) is 1.45. The molecule has 8 nitrogen and oxygen atoms in total. The van der Waals surface area contributed by atoms with Crippen molar-refractivity contribution in [3.05, 3.63) is 30.1 Å². The minimum absolute atomic E-state index is 0.00595. The summed E-state index contributed by atoms with van der Waals surface area (Å²) in [5.41, 5.74) is 0.444. The molecule has 0 aliphatic carbocycles. The Morgan fingerprint density at radius 1 is 1.43 bits per heavy atom. The zero-order valence-corrected chi connectivity index (χ0v) is 12.8. The van der Waals surface area contributed by atoms with E-state index in [0.717, 1.165) is 0 Å². The molecule has 2 fully saturated rings. The summed E-state index contributed by atoms with van der Waals surface area (Å²) in [6.45, 7) is 0.363. The van der Waals surface area contributed by atoms with Crippen LogP contribution in [0.2, 0.25) is 0 Å². The fourth-order valence-electron chi connectivity index (χ4n) is 3.05. The van der Waals surface area contributed by atoms with Gasteiger partial charge in [0, 0.05) is 24.5 Å². The van der Waals surface area contributed by atoms with Crippen LogP contribution in [-0.2, 0) is 9.63 Å². The van der Waals surface area contributed by atoms with Crippen molar-refractivity contribution in [2.75, 3.05) is 20.2 Å². The van der Waals surface area contributed by atoms with E-state index < -0.39 is 6.04 Å². The summed E-state index contributed by atoms with van der Waals surface area (Å²) in [6.07, 6.45) is 4.29. The highest BCUT2D eigenvalue weighted by molar-refractivity contribution is 5.99. The highest BCUT2D eigenvalue weighted by Gasteiger charge is 2.47. The second kappa shape index (κ2) is 6.33. The molecule has 2 saturated heterocycles. The third kappa shape index (κ3) is 2.89. The van der Waals surface area contributed by atoms with E-state index in [2.05, 4.69) is 10.3 Å². The van der Waals surface area contributed by atoms with Crippen molar-refractivity contribution in [3.8, 4) is 0 Å². The molecule has 0 unspecified atom stereocenters. The predicted molar refractivity (Wildman–Crippen MR) is 79.3 cm³/mol. The van der Waals surface area contributed by atoms with Gasteiger partial charge in [0.25, 0.3) is 0 Å². The number of pyridine rings is 1. The number of hydrogen-bond donors (Lipinski definition) is 1. The van der Waals surface area contributed by atoms with E-state index in [-0.39, 0.29) is 30.3 Å². The summed E-state index contributed by atoms with van der Waals surface area (Å²) >= 11 is 0. The lowest BCUT2D eigenvalue weighted by atomic mass is 10.0. The summed E-state index contributed by atoms with van der Waals surface area (Å²) in [5, 5.41) is 3.93. The first-order chi connectivity index (χ1) is 11.1. The number of Topliss-reactive ketones (excluding diaryl/α,β-unsaturated/α-hetero) is 1. The highest BCUT2D eigenvalue weighted by Crippen LogP contribution is 2.29. The van der Waals surface area contributed by atoms with Gasteiger partial charge in [-0.3, -0.25) is 19.4 Å². The maximum absolute atomic E-state index is 12.3. The maximum Gasteiger partial charge on any atom is 0.345 e. The number of nitrogens with one attached hydrogen (secondary N) is 1. The molecule has 1 N–H and O–H groups in total. The van der Waals surface area contributed by atoms with Gasteiger partial charge in [0.05, 0.1) is 19.7 Å². The van der Waals surface area contributed by atoms with Gasteiger partial charge in [0.1, 0.15) is 6.04 Å². The van der Waals surface area contributed by atoms with Gasteiger partial charge in [-0.15, -0.1) is 0 Å². The first-order valence-electron chi connectivity index (χ1n) is 7.46. The molecule has 0 spiro atoms. The van der Waals surface area contributed by atoms with Gasteiger partial charge in [0.15, 0.2) is 5.78 Å². The van der Waals surface area contributed by atoms with E-state index in [9.17, 15) is 14.4 Å². The van der Waals surface area contributed by atoms with Crippen LogP contribution in [0.1, 0.15) is 23.2 Å². The fourth-order valence-corrected chi connectivity index (χ4v) is 3.05. The van der Waals surface area contributed by atoms with Crippen molar-refractivity contribution in [2.45, 2.75) is 24.9 Å². The van der Waals surface area contributed by atoms with Gasteiger partial charge in [-0.1, -0.05) is 0 Å². The van der Waals surface area contributed by atoms with Crippen LogP contribution in [0.4, 0.5) is 4.79 Å². The number of aromatic nitrogens is 1. The lowest BCUT2D eigenvalue weighted by Gasteiger charge is -2.29. The number of nitrogens with zero attached hydrogens (tertiary/aromatic N) is 3. The molecule has 2 aliphatic rings. The normalized spacial score (nSPS) is 23.1. The number of hydrogen-bond acceptors (Lipinski definition) is 5. The number of amides is 3. The Labute approximate surface area is 133 Å². The Bertz CT molecular complexity index is 621. The zero-order chi connectivity index (χ0) is 16.4. The number of urea groups is 1. The quantitative estimate of drug-likeness (QED) is 0.784. The Morgan fingerprint density at radius 3 is 2.96 bits per heavy atom. The zero-order valence-electron chi connectivity index (χ0n) is 12.8. The molecule has 23 heavy (non-hydrogen) atoms. The third-order valence-electron chi connectivity index (χ3n) is 4.23. The van der Waals surface area contributed by atoms with Gasteiger partial charge in [-0.25, -0.2) is 4.79 Å². The number of piperidine rings is 1. The molecule has 2 bridgehead atoms. The monoisotopic (exact) mass is 318 g/mol. The minimum atomic E-state index is -0.555. The van der Waals surface area contributed by atoms with E-state index in [1.54, 1.807) is 18.3 Å². The first-order valence-corrected chi connectivity index (χ1v) is 7.46. The average Bonchev–Trinajstić information content (AvgIpc) is 2.83. The maximum atomic E-state index is 12.3. The van der Waals surface area contributed by atoms with Crippen LogP contribution in [0, 0.1) is 0 Å². The van der Waals surface area contributed by atoms with Crippen LogP contribution < -0.4 is 5.32 Å². The summed E-state index contributed by atoms with van der Waals surface area (Å²) in [5.74, 6) is -0.529. The molecule has 2 atom stereocenters. The molecule has 0 radical (unpaired) electrons. The molecule has 1 aromatic heterocycles. The SMILES string of the molecule is CON1C(=O)N2C[C@H]1CC[C@H]2C(=O)NCC(=O)c1cccnc1. The predicted octanol–water partition coefficient (Wildman–Crippen LogP) is 0.211. The smallest absolute Gasteiger partial charge is 0.345 e. The van der Waals surface area contributed by atoms with Crippen molar-refractivity contribution in [1.82, 2.24) is 20.3 Å². The third-order valence-corrected chi connectivity index (χ3v) is 4.23. The van der Waals surface area contributed by atoms with Gasteiger partial charge in [-0.2, -0.15) is 5.06 Å². The van der Waals surface area contributed by atoms with Gasteiger partial charge < -0.3 is 10.2 Å². The lowest BCUT2D eigenvalue weighted by molar-refractivity contribution is -0.125. The topological polar surface area (TPSA) is 91.8 Å². The van der Waals surface area contributed by atoms with Crippen LogP contribution in [0.25, 0.3) is 0 Å². The largest absolute Gasteiger partial charge is 0.347 e. The molecular formula is C15H18N4O4. The fraction of sp³-hybridized carbons (Fsp3) is 0.467. The van der Waals surface area contributed by atoms with E-state index in [1.807, 2.05) is 0 Å². The second-order valence-corrected chi connectivity index (χ2v) is 5.57. The number of carbonyl (C=O) groups excluding carboxylic acids is 3. The van der Waals surface area contributed by atoms with E-state index in [4.69, 9.17) is 4.84 Å². The molecule has 0 aromatic carbocycles. The Balaban J connectivity index is 1.59. The summed E-state index contributed by atoms with van der Waals surface area (Å²) < 4.78 is 0. The molecule has 2 aliphatic heterocycles. The average molecular weight is 318 g/mol. The van der Waals surface area contributed by atoms with Crippen molar-refractivity contribution in [2.24, 2.45) is 0 Å². The standard InChI is InChI=1S/C15H18N4O4/c1-23-19-11-4-5-12(18(9-11)15(19)22)14(21)17-8-13(20)10-3-2-6-16-7-10/h2-3,6-7,11-12H,4-5,8-9H2,1H3,(H,17,21)/t11-,12+/m1/s1. The van der Waals surface area contributed by atoms with Crippen LogP contribution in [0.5, 0.6) is 0 Å². The Kier molecular flexibility index (Phi) is 4.24.